The number of hydrogen-bond acceptors (Lipinski definition) is 2. The summed E-state index contributed by atoms with van der Waals surface area (Å²) in [5.41, 5.74) is 13.7. The lowest BCUT2D eigenvalue weighted by Crippen LogP contribution is -2.30. The van der Waals surface area contributed by atoms with Crippen LogP contribution in [0, 0.1) is 0 Å². The molecule has 0 fully saturated rings. The molecule has 0 atom stereocenters. The smallest absolute Gasteiger partial charge is 0.0734 e. The molecule has 0 bridgehead atoms. The van der Waals surface area contributed by atoms with E-state index in [-0.39, 0.29) is 0 Å². The number of nitrogens with zero attached hydrogens (tertiary/aromatic N) is 2. The second kappa shape index (κ2) is 13.7. The number of para-hydroxylation sites is 4. The van der Waals surface area contributed by atoms with Crippen LogP contribution < -0.4 is 9.80 Å². The second-order valence-electron chi connectivity index (χ2n) is 14.1. The largest absolute Gasteiger partial charge is 0.310 e. The van der Waals surface area contributed by atoms with Gasteiger partial charge in [0.15, 0.2) is 0 Å². The maximum Gasteiger partial charge on any atom is 0.0734 e. The summed E-state index contributed by atoms with van der Waals surface area (Å²) in [6.45, 7) is 0. The zero-order valence-corrected chi connectivity index (χ0v) is 30.3. The molecule has 0 aromatic heterocycles. The Bertz CT molecular complexity index is 2610. The van der Waals surface area contributed by atoms with Gasteiger partial charge < -0.3 is 9.80 Å². The van der Waals surface area contributed by atoms with Crippen LogP contribution in [0.15, 0.2) is 231 Å². The van der Waals surface area contributed by atoms with Crippen molar-refractivity contribution in [3.8, 4) is 11.1 Å². The molecule has 2 heteroatoms. The quantitative estimate of drug-likeness (QED) is 0.156. The first-order valence-electron chi connectivity index (χ1n) is 18.9. The first-order valence-corrected chi connectivity index (χ1v) is 18.9. The van der Waals surface area contributed by atoms with E-state index < -0.39 is 5.41 Å². The summed E-state index contributed by atoms with van der Waals surface area (Å²) in [7, 11) is 0. The molecule has 260 valence electrons. The molecule has 0 amide bonds. The Labute approximate surface area is 322 Å². The summed E-state index contributed by atoms with van der Waals surface area (Å²) < 4.78 is 0. The molecule has 0 N–H and O–H groups in total. The van der Waals surface area contributed by atoms with Crippen molar-refractivity contribution in [1.29, 1.82) is 0 Å². The van der Waals surface area contributed by atoms with E-state index in [1.165, 1.54) is 49.8 Å². The van der Waals surface area contributed by atoms with Gasteiger partial charge in [0.05, 0.1) is 11.1 Å². The minimum absolute atomic E-state index is 0.599. The maximum absolute atomic E-state index is 2.49. The standard InChI is InChI=1S/C53H38N2/c1-7-21-40(22-8-1)53(41-23-9-2-10-24-41)50-34-20-19-33-48(50)49-38-39-37-46(54(42-25-11-3-12-26-42)43-27-13-4-14-28-43)35-36-47(39)52(51(49)53)55(44-29-15-5-16-30-44)45-31-17-6-18-32-45/h1-38H. The van der Waals surface area contributed by atoms with Gasteiger partial charge in [0.2, 0.25) is 0 Å². The zero-order chi connectivity index (χ0) is 36.6. The van der Waals surface area contributed by atoms with Gasteiger partial charge in [0, 0.05) is 39.4 Å². The van der Waals surface area contributed by atoms with Crippen molar-refractivity contribution in [2.24, 2.45) is 0 Å². The molecule has 0 unspecified atom stereocenters. The number of anilines is 6. The molecule has 0 saturated carbocycles. The minimum Gasteiger partial charge on any atom is -0.310 e. The van der Waals surface area contributed by atoms with Gasteiger partial charge in [0.1, 0.15) is 0 Å². The van der Waals surface area contributed by atoms with Crippen LogP contribution in [-0.4, -0.2) is 0 Å². The van der Waals surface area contributed by atoms with Crippen molar-refractivity contribution in [2.45, 2.75) is 5.41 Å². The van der Waals surface area contributed by atoms with Crippen molar-refractivity contribution in [3.63, 3.8) is 0 Å². The van der Waals surface area contributed by atoms with Gasteiger partial charge in [-0.15, -0.1) is 0 Å². The Morgan fingerprint density at radius 3 is 1.22 bits per heavy atom. The third-order valence-corrected chi connectivity index (χ3v) is 11.0. The molecular weight excluding hydrogens is 665 g/mol. The molecule has 0 radical (unpaired) electrons. The van der Waals surface area contributed by atoms with Crippen molar-refractivity contribution in [3.05, 3.63) is 253 Å². The summed E-state index contributed by atoms with van der Waals surface area (Å²) >= 11 is 0. The second-order valence-corrected chi connectivity index (χ2v) is 14.1. The van der Waals surface area contributed by atoms with Gasteiger partial charge >= 0.3 is 0 Å². The van der Waals surface area contributed by atoms with E-state index >= 15 is 0 Å². The van der Waals surface area contributed by atoms with Crippen LogP contribution in [0.5, 0.6) is 0 Å². The average molecular weight is 703 g/mol. The summed E-state index contributed by atoms with van der Waals surface area (Å²) in [6.07, 6.45) is 0. The topological polar surface area (TPSA) is 6.48 Å². The third kappa shape index (κ3) is 5.34. The highest BCUT2D eigenvalue weighted by atomic mass is 15.2. The first-order chi connectivity index (χ1) is 27.3. The molecule has 10 rings (SSSR count). The first kappa shape index (κ1) is 32.5. The molecule has 0 heterocycles. The number of benzene rings is 9. The maximum atomic E-state index is 2.49. The Balaban J connectivity index is 1.37. The Kier molecular flexibility index (Phi) is 8.08. The van der Waals surface area contributed by atoms with E-state index in [9.17, 15) is 0 Å². The fourth-order valence-corrected chi connectivity index (χ4v) is 8.82. The van der Waals surface area contributed by atoms with Crippen LogP contribution in [0.3, 0.4) is 0 Å². The highest BCUT2D eigenvalue weighted by Gasteiger charge is 2.49. The van der Waals surface area contributed by atoms with Crippen LogP contribution in [0.25, 0.3) is 21.9 Å². The molecular formula is C53H38N2. The SMILES string of the molecule is c1ccc(N(c2ccccc2)c2ccc3c(N(c4ccccc4)c4ccccc4)c4c(cc3c2)-c2ccccc2C4(c2ccccc2)c2ccccc2)cc1. The van der Waals surface area contributed by atoms with E-state index in [2.05, 4.69) is 240 Å². The molecule has 1 aliphatic carbocycles. The lowest BCUT2D eigenvalue weighted by Gasteiger charge is -2.38. The van der Waals surface area contributed by atoms with E-state index in [4.69, 9.17) is 0 Å². The van der Waals surface area contributed by atoms with Crippen molar-refractivity contribution < 1.29 is 0 Å². The van der Waals surface area contributed by atoms with Crippen molar-refractivity contribution in [2.75, 3.05) is 9.80 Å². The third-order valence-electron chi connectivity index (χ3n) is 11.0. The molecule has 2 nitrogen and oxygen atoms in total. The molecule has 0 spiro atoms. The Morgan fingerprint density at radius 2 is 0.727 bits per heavy atom. The fraction of sp³-hybridized carbons (Fsp3) is 0.0189. The monoisotopic (exact) mass is 702 g/mol. The number of fused-ring (bicyclic) bond motifs is 4. The average Bonchev–Trinajstić information content (AvgIpc) is 3.56. The highest BCUT2D eigenvalue weighted by Crippen LogP contribution is 2.62. The van der Waals surface area contributed by atoms with Crippen LogP contribution in [-0.2, 0) is 5.41 Å². The normalized spacial score (nSPS) is 12.5. The Hall–Kier alpha value is -7.16. The van der Waals surface area contributed by atoms with Gasteiger partial charge in [-0.25, -0.2) is 0 Å². The summed E-state index contributed by atoms with van der Waals surface area (Å²) in [5.74, 6) is 0. The molecule has 0 aliphatic heterocycles. The summed E-state index contributed by atoms with van der Waals surface area (Å²) in [4.78, 5) is 4.84. The lowest BCUT2D eigenvalue weighted by molar-refractivity contribution is 0.769. The molecule has 9 aromatic rings. The number of rotatable bonds is 8. The zero-order valence-electron chi connectivity index (χ0n) is 30.3. The van der Waals surface area contributed by atoms with Crippen LogP contribution in [0.1, 0.15) is 22.3 Å². The highest BCUT2D eigenvalue weighted by molar-refractivity contribution is 6.09. The van der Waals surface area contributed by atoms with Gasteiger partial charge in [-0.2, -0.15) is 0 Å². The van der Waals surface area contributed by atoms with Gasteiger partial charge in [0.25, 0.3) is 0 Å². The predicted molar refractivity (Wildman–Crippen MR) is 231 cm³/mol. The van der Waals surface area contributed by atoms with Crippen LogP contribution in [0.2, 0.25) is 0 Å². The van der Waals surface area contributed by atoms with E-state index in [1.807, 2.05) is 0 Å². The van der Waals surface area contributed by atoms with Crippen LogP contribution >= 0.6 is 0 Å². The van der Waals surface area contributed by atoms with E-state index in [0.717, 1.165) is 28.4 Å². The lowest BCUT2D eigenvalue weighted by atomic mass is 9.66. The minimum atomic E-state index is -0.599. The fourth-order valence-electron chi connectivity index (χ4n) is 8.82. The molecule has 0 saturated heterocycles. The van der Waals surface area contributed by atoms with Gasteiger partial charge in [-0.1, -0.05) is 164 Å². The van der Waals surface area contributed by atoms with Crippen molar-refractivity contribution >= 4 is 44.9 Å². The van der Waals surface area contributed by atoms with Gasteiger partial charge in [-0.05, 0) is 99.9 Å². The van der Waals surface area contributed by atoms with E-state index in [1.54, 1.807) is 0 Å². The Morgan fingerprint density at radius 1 is 0.309 bits per heavy atom. The predicted octanol–water partition coefficient (Wildman–Crippen LogP) is 14.1. The van der Waals surface area contributed by atoms with E-state index in [0.29, 0.717) is 0 Å². The molecule has 55 heavy (non-hydrogen) atoms. The van der Waals surface area contributed by atoms with Crippen molar-refractivity contribution in [1.82, 2.24) is 0 Å². The molecule has 9 aromatic carbocycles. The summed E-state index contributed by atoms with van der Waals surface area (Å²) in [6, 6.07) is 83.7. The van der Waals surface area contributed by atoms with Gasteiger partial charge in [-0.3, -0.25) is 0 Å². The molecule has 1 aliphatic rings. The summed E-state index contributed by atoms with van der Waals surface area (Å²) in [5, 5.41) is 2.35. The number of hydrogen-bond donors (Lipinski definition) is 0. The van der Waals surface area contributed by atoms with Crippen LogP contribution in [0.4, 0.5) is 34.1 Å².